The molecule has 6 N–H and O–H groups in total. The number of sulfonamides is 1. The average Bonchev–Trinajstić information content (AvgIpc) is 2.33. The second kappa shape index (κ2) is 5.04. The highest BCUT2D eigenvalue weighted by Gasteiger charge is 2.40. The standard InChI is InChI=1S/C12H17N3O4S/c13-9-6-8(11(14)17)2-3-10(9)20(18,19)15-12(7-16)4-1-5-12/h2-3,6,15-16H,1,4-5,7,13H2,(H2,14,17). The second-order valence-corrected chi connectivity index (χ2v) is 6.67. The van der Waals surface area contributed by atoms with E-state index in [1.54, 1.807) is 0 Å². The van der Waals surface area contributed by atoms with Crippen LogP contribution in [0.1, 0.15) is 29.6 Å². The summed E-state index contributed by atoms with van der Waals surface area (Å²) in [7, 11) is -3.85. The van der Waals surface area contributed by atoms with Crippen LogP contribution in [0.2, 0.25) is 0 Å². The summed E-state index contributed by atoms with van der Waals surface area (Å²) in [6.45, 7) is -0.258. The number of anilines is 1. The van der Waals surface area contributed by atoms with Gasteiger partial charge in [0, 0.05) is 5.56 Å². The number of amides is 1. The first-order valence-corrected chi connectivity index (χ1v) is 7.62. The van der Waals surface area contributed by atoms with E-state index in [-0.39, 0.29) is 22.8 Å². The van der Waals surface area contributed by atoms with Crippen molar-refractivity contribution in [2.75, 3.05) is 12.3 Å². The van der Waals surface area contributed by atoms with Gasteiger partial charge >= 0.3 is 0 Å². The predicted molar refractivity (Wildman–Crippen MR) is 73.4 cm³/mol. The minimum atomic E-state index is -3.85. The van der Waals surface area contributed by atoms with E-state index in [0.717, 1.165) is 6.42 Å². The summed E-state index contributed by atoms with van der Waals surface area (Å²) in [6, 6.07) is 3.77. The van der Waals surface area contributed by atoms with Gasteiger partial charge in [-0.15, -0.1) is 0 Å². The van der Waals surface area contributed by atoms with Crippen LogP contribution in [0.5, 0.6) is 0 Å². The van der Waals surface area contributed by atoms with E-state index in [1.807, 2.05) is 0 Å². The molecule has 0 aromatic heterocycles. The molecular weight excluding hydrogens is 282 g/mol. The fourth-order valence-electron chi connectivity index (χ4n) is 2.18. The number of hydrogen-bond acceptors (Lipinski definition) is 5. The molecule has 1 aliphatic rings. The SMILES string of the molecule is NC(=O)c1ccc(S(=O)(=O)NC2(CO)CCC2)c(N)c1. The molecule has 0 aliphatic heterocycles. The monoisotopic (exact) mass is 299 g/mol. The normalized spacial score (nSPS) is 17.4. The van der Waals surface area contributed by atoms with Crippen LogP contribution in [0.25, 0.3) is 0 Å². The fraction of sp³-hybridized carbons (Fsp3) is 0.417. The zero-order chi connectivity index (χ0) is 15.0. The van der Waals surface area contributed by atoms with Crippen molar-refractivity contribution in [1.29, 1.82) is 0 Å². The Balaban J connectivity index is 2.32. The number of rotatable bonds is 5. The number of nitrogens with two attached hydrogens (primary N) is 2. The molecule has 1 aromatic rings. The number of aliphatic hydroxyl groups excluding tert-OH is 1. The molecule has 0 heterocycles. The van der Waals surface area contributed by atoms with Gasteiger partial charge in [-0.3, -0.25) is 4.79 Å². The number of nitrogens with one attached hydrogen (secondary N) is 1. The van der Waals surface area contributed by atoms with Crippen LogP contribution in [0.3, 0.4) is 0 Å². The number of aliphatic hydroxyl groups is 1. The molecule has 1 amide bonds. The Morgan fingerprint density at radius 1 is 1.40 bits per heavy atom. The average molecular weight is 299 g/mol. The maximum Gasteiger partial charge on any atom is 0.248 e. The van der Waals surface area contributed by atoms with Crippen molar-refractivity contribution in [3.8, 4) is 0 Å². The molecule has 0 unspecified atom stereocenters. The number of hydrogen-bond donors (Lipinski definition) is 4. The number of nitrogen functional groups attached to an aromatic ring is 1. The zero-order valence-corrected chi connectivity index (χ0v) is 11.6. The fourth-order valence-corrected chi connectivity index (χ4v) is 3.75. The molecule has 110 valence electrons. The van der Waals surface area contributed by atoms with Gasteiger partial charge in [-0.25, -0.2) is 13.1 Å². The van der Waals surface area contributed by atoms with Gasteiger partial charge in [0.05, 0.1) is 17.8 Å². The van der Waals surface area contributed by atoms with Gasteiger partial charge in [0.15, 0.2) is 0 Å². The topological polar surface area (TPSA) is 136 Å². The highest BCUT2D eigenvalue weighted by molar-refractivity contribution is 7.89. The molecule has 0 radical (unpaired) electrons. The Hall–Kier alpha value is -1.64. The Kier molecular flexibility index (Phi) is 3.72. The molecule has 20 heavy (non-hydrogen) atoms. The molecule has 1 fully saturated rings. The van der Waals surface area contributed by atoms with Gasteiger partial charge in [0.1, 0.15) is 4.90 Å². The molecule has 0 atom stereocenters. The van der Waals surface area contributed by atoms with Gasteiger partial charge in [-0.1, -0.05) is 0 Å². The molecule has 0 saturated heterocycles. The minimum Gasteiger partial charge on any atom is -0.398 e. The molecule has 1 aliphatic carbocycles. The lowest BCUT2D eigenvalue weighted by molar-refractivity contribution is 0.1000. The molecule has 1 saturated carbocycles. The van der Waals surface area contributed by atoms with E-state index < -0.39 is 21.5 Å². The molecular formula is C12H17N3O4S. The first-order valence-electron chi connectivity index (χ1n) is 6.14. The van der Waals surface area contributed by atoms with E-state index in [0.29, 0.717) is 12.8 Å². The van der Waals surface area contributed by atoms with Crippen LogP contribution in [0, 0.1) is 0 Å². The van der Waals surface area contributed by atoms with Crippen molar-refractivity contribution < 1.29 is 18.3 Å². The molecule has 1 aromatic carbocycles. The van der Waals surface area contributed by atoms with Gasteiger partial charge in [-0.2, -0.15) is 0 Å². The molecule has 8 heteroatoms. The van der Waals surface area contributed by atoms with Crippen LogP contribution in [0.4, 0.5) is 5.69 Å². The lowest BCUT2D eigenvalue weighted by Crippen LogP contribution is -2.56. The van der Waals surface area contributed by atoms with E-state index in [2.05, 4.69) is 4.72 Å². The number of carbonyl (C=O) groups excluding carboxylic acids is 1. The summed E-state index contributed by atoms with van der Waals surface area (Å²) < 4.78 is 27.1. The first-order chi connectivity index (χ1) is 9.30. The maximum absolute atomic E-state index is 12.3. The third-order valence-electron chi connectivity index (χ3n) is 3.55. The highest BCUT2D eigenvalue weighted by Crippen LogP contribution is 2.33. The number of carbonyl (C=O) groups is 1. The lowest BCUT2D eigenvalue weighted by atomic mass is 9.78. The van der Waals surface area contributed by atoms with Gasteiger partial charge in [-0.05, 0) is 37.5 Å². The molecule has 0 bridgehead atoms. The summed E-state index contributed by atoms with van der Waals surface area (Å²) in [6.07, 6.45) is 2.03. The summed E-state index contributed by atoms with van der Waals surface area (Å²) >= 11 is 0. The van der Waals surface area contributed by atoms with E-state index >= 15 is 0 Å². The minimum absolute atomic E-state index is 0.0544. The Labute approximate surface area is 117 Å². The highest BCUT2D eigenvalue weighted by atomic mass is 32.2. The van der Waals surface area contributed by atoms with Crippen molar-refractivity contribution in [2.24, 2.45) is 5.73 Å². The zero-order valence-electron chi connectivity index (χ0n) is 10.8. The number of primary amides is 1. The van der Waals surface area contributed by atoms with E-state index in [9.17, 15) is 18.3 Å². The maximum atomic E-state index is 12.3. The van der Waals surface area contributed by atoms with Crippen molar-refractivity contribution in [3.63, 3.8) is 0 Å². The number of benzene rings is 1. The van der Waals surface area contributed by atoms with Crippen LogP contribution >= 0.6 is 0 Å². The molecule has 7 nitrogen and oxygen atoms in total. The van der Waals surface area contributed by atoms with E-state index in [1.165, 1.54) is 18.2 Å². The van der Waals surface area contributed by atoms with Crippen molar-refractivity contribution in [2.45, 2.75) is 29.7 Å². The first kappa shape index (κ1) is 14.8. The Morgan fingerprint density at radius 3 is 2.45 bits per heavy atom. The third-order valence-corrected chi connectivity index (χ3v) is 5.20. The summed E-state index contributed by atoms with van der Waals surface area (Å²) in [5, 5.41) is 9.31. The van der Waals surface area contributed by atoms with Crippen LogP contribution in [0.15, 0.2) is 23.1 Å². The van der Waals surface area contributed by atoms with E-state index in [4.69, 9.17) is 11.5 Å². The quantitative estimate of drug-likeness (QED) is 0.547. The summed E-state index contributed by atoms with van der Waals surface area (Å²) in [4.78, 5) is 10.9. The van der Waals surface area contributed by atoms with Gasteiger partial charge < -0.3 is 16.6 Å². The Bertz CT molecular complexity index is 633. The van der Waals surface area contributed by atoms with Gasteiger partial charge in [0.2, 0.25) is 15.9 Å². The third kappa shape index (κ3) is 2.62. The second-order valence-electron chi connectivity index (χ2n) is 5.01. The predicted octanol–water partition coefficient (Wildman–Crippen LogP) is -0.439. The molecule has 0 spiro atoms. The van der Waals surface area contributed by atoms with Crippen molar-refractivity contribution >= 4 is 21.6 Å². The Morgan fingerprint density at radius 2 is 2.05 bits per heavy atom. The van der Waals surface area contributed by atoms with Crippen molar-refractivity contribution in [3.05, 3.63) is 23.8 Å². The van der Waals surface area contributed by atoms with Crippen molar-refractivity contribution in [1.82, 2.24) is 4.72 Å². The lowest BCUT2D eigenvalue weighted by Gasteiger charge is -2.40. The van der Waals surface area contributed by atoms with Gasteiger partial charge in [0.25, 0.3) is 0 Å². The van der Waals surface area contributed by atoms with Crippen LogP contribution < -0.4 is 16.2 Å². The molecule has 2 rings (SSSR count). The van der Waals surface area contributed by atoms with Crippen LogP contribution in [-0.4, -0.2) is 31.6 Å². The summed E-state index contributed by atoms with van der Waals surface area (Å²) in [5.41, 5.74) is 10.1. The summed E-state index contributed by atoms with van der Waals surface area (Å²) in [5.74, 6) is -0.681. The van der Waals surface area contributed by atoms with Crippen LogP contribution in [-0.2, 0) is 10.0 Å². The largest absolute Gasteiger partial charge is 0.398 e. The smallest absolute Gasteiger partial charge is 0.248 e.